The van der Waals surface area contributed by atoms with Crippen LogP contribution >= 0.6 is 0 Å². The summed E-state index contributed by atoms with van der Waals surface area (Å²) in [6.45, 7) is 6.49. The van der Waals surface area contributed by atoms with Crippen molar-refractivity contribution in [3.8, 4) is 33.8 Å². The Bertz CT molecular complexity index is 1920. The van der Waals surface area contributed by atoms with Crippen molar-refractivity contribution in [3.63, 3.8) is 0 Å². The molecule has 0 fully saturated rings. The third kappa shape index (κ3) is 3.86. The van der Waals surface area contributed by atoms with Crippen molar-refractivity contribution in [1.29, 1.82) is 0 Å². The number of nitrogens with zero attached hydrogens (tertiary/aromatic N) is 3. The second kappa shape index (κ2) is 9.09. The van der Waals surface area contributed by atoms with E-state index in [2.05, 4.69) is 112 Å². The van der Waals surface area contributed by atoms with Gasteiger partial charge in [-0.3, -0.25) is 15.0 Å². The van der Waals surface area contributed by atoms with Crippen molar-refractivity contribution in [1.82, 2.24) is 15.0 Å². The minimum Gasteiger partial charge on any atom is -0.256 e. The van der Waals surface area contributed by atoms with Gasteiger partial charge in [0.2, 0.25) is 6.71 Å². The van der Waals surface area contributed by atoms with E-state index >= 15 is 0 Å². The first kappa shape index (κ1) is 24.7. The molecule has 0 saturated heterocycles. The summed E-state index contributed by atoms with van der Waals surface area (Å²) < 4.78 is 0. The highest BCUT2D eigenvalue weighted by Crippen LogP contribution is 2.37. The predicted octanol–water partition coefficient (Wildman–Crippen LogP) is 6.03. The molecule has 0 unspecified atom stereocenters. The van der Waals surface area contributed by atoms with Crippen LogP contribution in [0.15, 0.2) is 91.4 Å². The van der Waals surface area contributed by atoms with Crippen LogP contribution in [0.1, 0.15) is 50.1 Å². The van der Waals surface area contributed by atoms with Gasteiger partial charge in [-0.2, -0.15) is 0 Å². The summed E-state index contributed by atoms with van der Waals surface area (Å²) >= 11 is 0. The monoisotopic (exact) mass is 551 g/mol. The molecular formula is C39H30BN3. The molecular weight excluding hydrogens is 521 g/mol. The maximum absolute atomic E-state index is 5.09. The van der Waals surface area contributed by atoms with Crippen molar-refractivity contribution in [3.05, 3.63) is 141 Å². The van der Waals surface area contributed by atoms with Gasteiger partial charge < -0.3 is 0 Å². The highest BCUT2D eigenvalue weighted by molar-refractivity contribution is 6.95. The minimum atomic E-state index is -0.00487. The molecule has 0 bridgehead atoms. The van der Waals surface area contributed by atoms with E-state index in [1.54, 1.807) is 0 Å². The van der Waals surface area contributed by atoms with E-state index < -0.39 is 0 Å². The Kier molecular flexibility index (Phi) is 5.23. The molecule has 3 aliphatic carbocycles. The van der Waals surface area contributed by atoms with E-state index in [0.29, 0.717) is 0 Å². The maximum Gasteiger partial charge on any atom is 0.247 e. The van der Waals surface area contributed by atoms with Crippen LogP contribution in [0.5, 0.6) is 0 Å². The van der Waals surface area contributed by atoms with Crippen molar-refractivity contribution in [2.45, 2.75) is 40.0 Å². The fourth-order valence-electron chi connectivity index (χ4n) is 7.68. The van der Waals surface area contributed by atoms with Crippen LogP contribution in [-0.4, -0.2) is 21.7 Å². The Morgan fingerprint density at radius 3 is 1.07 bits per heavy atom. The molecule has 0 saturated carbocycles. The van der Waals surface area contributed by atoms with Gasteiger partial charge in [-0.1, -0.05) is 106 Å². The Labute approximate surface area is 252 Å². The van der Waals surface area contributed by atoms with Gasteiger partial charge in [-0.05, 0) is 54.2 Å². The molecule has 0 amide bonds. The summed E-state index contributed by atoms with van der Waals surface area (Å²) in [6, 6.07) is 27.4. The van der Waals surface area contributed by atoms with Crippen molar-refractivity contribution >= 4 is 23.1 Å². The SMILES string of the molecule is Cc1ccc2c(c1)Cc1cc(B(c3cnc4c(c3)Cc3cc(C)ccc3-4)c3cnc4c(c3)Cc3cc(C)ccc3-4)cnc1-2. The zero-order valence-electron chi connectivity index (χ0n) is 24.7. The molecule has 0 atom stereocenters. The van der Waals surface area contributed by atoms with Gasteiger partial charge in [0.25, 0.3) is 0 Å². The van der Waals surface area contributed by atoms with E-state index in [1.807, 2.05) is 0 Å². The zero-order chi connectivity index (χ0) is 28.8. The van der Waals surface area contributed by atoms with Gasteiger partial charge in [-0.15, -0.1) is 0 Å². The number of benzene rings is 3. The highest BCUT2D eigenvalue weighted by Gasteiger charge is 2.31. The average Bonchev–Trinajstić information content (AvgIpc) is 3.65. The summed E-state index contributed by atoms with van der Waals surface area (Å²) in [5, 5.41) is 0. The van der Waals surface area contributed by atoms with Crippen LogP contribution < -0.4 is 16.4 Å². The average molecular weight is 552 g/mol. The zero-order valence-corrected chi connectivity index (χ0v) is 24.7. The van der Waals surface area contributed by atoms with Crippen LogP contribution in [0, 0.1) is 20.8 Å². The van der Waals surface area contributed by atoms with Crippen LogP contribution in [0.2, 0.25) is 0 Å². The van der Waals surface area contributed by atoms with E-state index in [9.17, 15) is 0 Å². The van der Waals surface area contributed by atoms with E-state index in [0.717, 1.165) is 36.3 Å². The number of hydrogen-bond donors (Lipinski definition) is 0. The number of fused-ring (bicyclic) bond motifs is 9. The lowest BCUT2D eigenvalue weighted by Crippen LogP contribution is -2.53. The predicted molar refractivity (Wildman–Crippen MR) is 176 cm³/mol. The molecule has 0 aliphatic heterocycles. The van der Waals surface area contributed by atoms with Crippen molar-refractivity contribution < 1.29 is 0 Å². The molecule has 0 radical (unpaired) electrons. The van der Waals surface area contributed by atoms with Crippen LogP contribution in [-0.2, 0) is 19.3 Å². The Hall–Kier alpha value is -4.83. The summed E-state index contributed by atoms with van der Waals surface area (Å²) in [7, 11) is 0. The lowest BCUT2D eigenvalue weighted by molar-refractivity contribution is 1.22. The quantitative estimate of drug-likeness (QED) is 0.252. The Morgan fingerprint density at radius 2 is 0.744 bits per heavy atom. The molecule has 0 N–H and O–H groups in total. The lowest BCUT2D eigenvalue weighted by atomic mass is 9.37. The Morgan fingerprint density at radius 1 is 0.419 bits per heavy atom. The number of hydrogen-bond acceptors (Lipinski definition) is 3. The number of aromatic nitrogens is 3. The molecule has 3 aromatic carbocycles. The molecule has 9 rings (SSSR count). The largest absolute Gasteiger partial charge is 0.256 e. The first-order valence-electron chi connectivity index (χ1n) is 15.2. The minimum absolute atomic E-state index is 0.00487. The molecule has 3 aromatic heterocycles. The number of pyridine rings is 3. The van der Waals surface area contributed by atoms with Gasteiger partial charge >= 0.3 is 0 Å². The third-order valence-corrected chi connectivity index (χ3v) is 9.65. The van der Waals surface area contributed by atoms with Gasteiger partial charge in [0.1, 0.15) is 0 Å². The molecule has 3 aliphatic rings. The molecule has 3 nitrogen and oxygen atoms in total. The Balaban J connectivity index is 1.17. The van der Waals surface area contributed by atoms with Gasteiger partial charge in [0.05, 0.1) is 17.1 Å². The molecule has 0 spiro atoms. The molecule has 4 heteroatoms. The fourth-order valence-corrected chi connectivity index (χ4v) is 7.68. The van der Waals surface area contributed by atoms with Gasteiger partial charge in [0.15, 0.2) is 0 Å². The number of rotatable bonds is 3. The molecule has 6 aromatic rings. The van der Waals surface area contributed by atoms with E-state index in [-0.39, 0.29) is 6.71 Å². The number of aryl methyl sites for hydroxylation is 3. The summed E-state index contributed by atoms with van der Waals surface area (Å²) in [5.41, 5.74) is 22.7. The van der Waals surface area contributed by atoms with Gasteiger partial charge in [0, 0.05) is 54.5 Å². The summed E-state index contributed by atoms with van der Waals surface area (Å²) in [5.74, 6) is 0. The lowest BCUT2D eigenvalue weighted by Gasteiger charge is -2.18. The maximum atomic E-state index is 5.09. The molecule has 43 heavy (non-hydrogen) atoms. The molecule has 204 valence electrons. The van der Waals surface area contributed by atoms with Crippen LogP contribution in [0.25, 0.3) is 33.8 Å². The van der Waals surface area contributed by atoms with E-state index in [4.69, 9.17) is 15.0 Å². The summed E-state index contributed by atoms with van der Waals surface area (Å²) in [6.07, 6.45) is 9.05. The molecule has 3 heterocycles. The first-order valence-corrected chi connectivity index (χ1v) is 15.2. The van der Waals surface area contributed by atoms with Gasteiger partial charge in [-0.25, -0.2) is 0 Å². The van der Waals surface area contributed by atoms with Crippen molar-refractivity contribution in [2.75, 3.05) is 0 Å². The second-order valence-electron chi connectivity index (χ2n) is 12.8. The second-order valence-corrected chi connectivity index (χ2v) is 12.8. The summed E-state index contributed by atoms with van der Waals surface area (Å²) in [4.78, 5) is 15.3. The highest BCUT2D eigenvalue weighted by atomic mass is 14.7. The smallest absolute Gasteiger partial charge is 0.247 e. The fraction of sp³-hybridized carbons (Fsp3) is 0.154. The van der Waals surface area contributed by atoms with E-state index in [1.165, 1.54) is 83.1 Å². The third-order valence-electron chi connectivity index (χ3n) is 9.65. The standard InChI is InChI=1S/C39H30BN3/c1-22-4-7-34-25(10-22)13-28-16-31(19-41-37(28)34)40(32-17-29-14-26-11-23(2)5-8-35(26)38(29)42-20-32)33-18-30-15-27-12-24(3)6-9-36(27)39(30)43-21-33/h4-12,16-21H,13-15H2,1-3H3. The van der Waals surface area contributed by atoms with Crippen molar-refractivity contribution in [2.24, 2.45) is 0 Å². The normalized spacial score (nSPS) is 13.2. The van der Waals surface area contributed by atoms with Crippen LogP contribution in [0.4, 0.5) is 0 Å². The first-order chi connectivity index (χ1) is 21.0. The topological polar surface area (TPSA) is 38.7 Å². The van der Waals surface area contributed by atoms with Crippen LogP contribution in [0.3, 0.4) is 0 Å².